The average molecular weight is 284 g/mol. The Hall–Kier alpha value is -2.10. The highest BCUT2D eigenvalue weighted by Crippen LogP contribution is 2.18. The van der Waals surface area contributed by atoms with Crippen LogP contribution in [0.5, 0.6) is 0 Å². The Morgan fingerprint density at radius 3 is 2.43 bits per heavy atom. The van der Waals surface area contributed by atoms with Crippen molar-refractivity contribution in [3.63, 3.8) is 0 Å². The lowest BCUT2D eigenvalue weighted by Gasteiger charge is -2.17. The number of nitrogens with zero attached hydrogens (tertiary/aromatic N) is 2. The van der Waals surface area contributed by atoms with Crippen LogP contribution in [-0.2, 0) is 0 Å². The number of nitrogens with one attached hydrogen (secondary N) is 2. The van der Waals surface area contributed by atoms with E-state index < -0.39 is 0 Å². The molecule has 0 spiro atoms. The lowest BCUT2D eigenvalue weighted by molar-refractivity contribution is 0.757. The van der Waals surface area contributed by atoms with E-state index in [0.717, 1.165) is 17.9 Å². The SMILES string of the molecule is CCC(C)Nc1cc(C)nc(NC(C)c2ccccc2)n1. The summed E-state index contributed by atoms with van der Waals surface area (Å²) >= 11 is 0. The third-order valence-electron chi connectivity index (χ3n) is 3.51. The molecule has 2 unspecified atom stereocenters. The number of hydrogen-bond acceptors (Lipinski definition) is 4. The van der Waals surface area contributed by atoms with Gasteiger partial charge in [-0.2, -0.15) is 4.98 Å². The maximum absolute atomic E-state index is 4.55. The fourth-order valence-corrected chi connectivity index (χ4v) is 2.08. The van der Waals surface area contributed by atoms with Crippen molar-refractivity contribution in [1.82, 2.24) is 9.97 Å². The van der Waals surface area contributed by atoms with Crippen molar-refractivity contribution in [3.05, 3.63) is 47.7 Å². The van der Waals surface area contributed by atoms with Crippen LogP contribution in [0.15, 0.2) is 36.4 Å². The molecule has 2 rings (SSSR count). The summed E-state index contributed by atoms with van der Waals surface area (Å²) in [6.45, 7) is 8.41. The van der Waals surface area contributed by atoms with Gasteiger partial charge < -0.3 is 10.6 Å². The predicted octanol–water partition coefficient (Wildman–Crippen LogP) is 4.17. The van der Waals surface area contributed by atoms with Crippen molar-refractivity contribution in [2.45, 2.75) is 46.2 Å². The molecule has 4 nitrogen and oxygen atoms in total. The lowest BCUT2D eigenvalue weighted by Crippen LogP contribution is -2.16. The molecular weight excluding hydrogens is 260 g/mol. The van der Waals surface area contributed by atoms with Crippen LogP contribution < -0.4 is 10.6 Å². The fourth-order valence-electron chi connectivity index (χ4n) is 2.08. The zero-order valence-corrected chi connectivity index (χ0v) is 13.2. The second-order valence-electron chi connectivity index (χ2n) is 5.45. The third kappa shape index (κ3) is 4.45. The highest BCUT2D eigenvalue weighted by molar-refractivity contribution is 5.43. The van der Waals surface area contributed by atoms with E-state index in [1.54, 1.807) is 0 Å². The molecule has 21 heavy (non-hydrogen) atoms. The summed E-state index contributed by atoms with van der Waals surface area (Å²) in [6.07, 6.45) is 1.06. The summed E-state index contributed by atoms with van der Waals surface area (Å²) in [5, 5.41) is 6.76. The van der Waals surface area contributed by atoms with Gasteiger partial charge in [-0.1, -0.05) is 37.3 Å². The molecule has 1 aromatic carbocycles. The second-order valence-corrected chi connectivity index (χ2v) is 5.45. The van der Waals surface area contributed by atoms with E-state index in [1.807, 2.05) is 31.2 Å². The first-order chi connectivity index (χ1) is 10.1. The smallest absolute Gasteiger partial charge is 0.225 e. The van der Waals surface area contributed by atoms with E-state index in [2.05, 4.69) is 53.5 Å². The van der Waals surface area contributed by atoms with E-state index in [-0.39, 0.29) is 6.04 Å². The summed E-state index contributed by atoms with van der Waals surface area (Å²) in [4.78, 5) is 9.02. The maximum Gasteiger partial charge on any atom is 0.225 e. The van der Waals surface area contributed by atoms with Gasteiger partial charge in [0.2, 0.25) is 5.95 Å². The summed E-state index contributed by atoms with van der Waals surface area (Å²) < 4.78 is 0. The molecule has 0 aliphatic rings. The molecule has 2 atom stereocenters. The first-order valence-corrected chi connectivity index (χ1v) is 7.52. The van der Waals surface area contributed by atoms with Crippen LogP contribution in [0.25, 0.3) is 0 Å². The van der Waals surface area contributed by atoms with Crippen LogP contribution in [0.4, 0.5) is 11.8 Å². The molecule has 0 saturated carbocycles. The molecule has 0 aliphatic heterocycles. The molecule has 1 aromatic heterocycles. The number of aryl methyl sites for hydroxylation is 1. The van der Waals surface area contributed by atoms with Crippen LogP contribution in [0.3, 0.4) is 0 Å². The van der Waals surface area contributed by atoms with E-state index >= 15 is 0 Å². The van der Waals surface area contributed by atoms with Crippen LogP contribution in [-0.4, -0.2) is 16.0 Å². The summed E-state index contributed by atoms with van der Waals surface area (Å²) in [7, 11) is 0. The number of hydrogen-bond donors (Lipinski definition) is 2. The summed E-state index contributed by atoms with van der Waals surface area (Å²) in [5.74, 6) is 1.54. The third-order valence-corrected chi connectivity index (χ3v) is 3.51. The predicted molar refractivity (Wildman–Crippen MR) is 88.6 cm³/mol. The Morgan fingerprint density at radius 2 is 1.76 bits per heavy atom. The van der Waals surface area contributed by atoms with Gasteiger partial charge in [0.05, 0.1) is 6.04 Å². The van der Waals surface area contributed by atoms with Crippen molar-refractivity contribution >= 4 is 11.8 Å². The Kier molecular flexibility index (Phi) is 5.14. The molecule has 0 bridgehead atoms. The fraction of sp³-hybridized carbons (Fsp3) is 0.412. The largest absolute Gasteiger partial charge is 0.367 e. The minimum absolute atomic E-state index is 0.171. The molecule has 0 fully saturated rings. The Labute approximate surface area is 127 Å². The van der Waals surface area contributed by atoms with Crippen molar-refractivity contribution in [2.24, 2.45) is 0 Å². The van der Waals surface area contributed by atoms with Gasteiger partial charge in [0.25, 0.3) is 0 Å². The topological polar surface area (TPSA) is 49.8 Å². The molecule has 2 N–H and O–H groups in total. The van der Waals surface area contributed by atoms with Gasteiger partial charge in [-0.05, 0) is 32.8 Å². The molecule has 2 aromatic rings. The van der Waals surface area contributed by atoms with E-state index in [9.17, 15) is 0 Å². The van der Waals surface area contributed by atoms with E-state index in [4.69, 9.17) is 0 Å². The highest BCUT2D eigenvalue weighted by atomic mass is 15.2. The average Bonchev–Trinajstić information content (AvgIpc) is 2.47. The van der Waals surface area contributed by atoms with Gasteiger partial charge in [0.15, 0.2) is 0 Å². The summed E-state index contributed by atoms with van der Waals surface area (Å²) in [5.41, 5.74) is 2.18. The number of rotatable bonds is 6. The molecule has 0 radical (unpaired) electrons. The van der Waals surface area contributed by atoms with Gasteiger partial charge in [-0.3, -0.25) is 0 Å². The first-order valence-electron chi connectivity index (χ1n) is 7.52. The van der Waals surface area contributed by atoms with Gasteiger partial charge in [-0.25, -0.2) is 4.98 Å². The molecule has 0 saturated heterocycles. The number of anilines is 2. The van der Waals surface area contributed by atoms with Crippen LogP contribution >= 0.6 is 0 Å². The molecule has 4 heteroatoms. The van der Waals surface area contributed by atoms with Crippen molar-refractivity contribution in [1.29, 1.82) is 0 Å². The molecule has 0 aliphatic carbocycles. The van der Waals surface area contributed by atoms with Crippen LogP contribution in [0.2, 0.25) is 0 Å². The summed E-state index contributed by atoms with van der Waals surface area (Å²) in [6, 6.07) is 12.9. The Balaban J connectivity index is 2.12. The number of aromatic nitrogens is 2. The monoisotopic (exact) mass is 284 g/mol. The molecule has 0 amide bonds. The minimum Gasteiger partial charge on any atom is -0.367 e. The lowest BCUT2D eigenvalue weighted by atomic mass is 10.1. The van der Waals surface area contributed by atoms with Gasteiger partial charge >= 0.3 is 0 Å². The first kappa shape index (κ1) is 15.3. The van der Waals surface area contributed by atoms with Crippen molar-refractivity contribution in [2.75, 3.05) is 10.6 Å². The minimum atomic E-state index is 0.171. The standard InChI is InChI=1S/C17H24N4/c1-5-12(2)18-16-11-13(3)19-17(21-16)20-14(4)15-9-7-6-8-10-15/h6-12,14H,5H2,1-4H3,(H2,18,19,20,21). The van der Waals surface area contributed by atoms with Gasteiger partial charge in [0.1, 0.15) is 5.82 Å². The molecular formula is C17H24N4. The van der Waals surface area contributed by atoms with Crippen molar-refractivity contribution < 1.29 is 0 Å². The van der Waals surface area contributed by atoms with E-state index in [0.29, 0.717) is 12.0 Å². The Morgan fingerprint density at radius 1 is 1.05 bits per heavy atom. The second kappa shape index (κ2) is 7.07. The quantitative estimate of drug-likeness (QED) is 0.836. The zero-order chi connectivity index (χ0) is 15.2. The number of benzene rings is 1. The molecule has 1 heterocycles. The van der Waals surface area contributed by atoms with Gasteiger partial charge in [-0.15, -0.1) is 0 Å². The highest BCUT2D eigenvalue weighted by Gasteiger charge is 2.09. The normalized spacial score (nSPS) is 13.5. The van der Waals surface area contributed by atoms with Crippen LogP contribution in [0.1, 0.15) is 44.5 Å². The maximum atomic E-state index is 4.55. The van der Waals surface area contributed by atoms with Crippen molar-refractivity contribution in [3.8, 4) is 0 Å². The Bertz CT molecular complexity index is 568. The zero-order valence-electron chi connectivity index (χ0n) is 13.2. The van der Waals surface area contributed by atoms with Crippen LogP contribution in [0, 0.1) is 6.92 Å². The van der Waals surface area contributed by atoms with E-state index in [1.165, 1.54) is 5.56 Å². The van der Waals surface area contributed by atoms with Gasteiger partial charge in [0, 0.05) is 17.8 Å². The molecule has 112 valence electrons.